The van der Waals surface area contributed by atoms with E-state index in [1.807, 2.05) is 19.3 Å². The number of hydrogen-bond acceptors (Lipinski definition) is 4. The number of rotatable bonds is 2. The maximum absolute atomic E-state index is 4.51. The summed E-state index contributed by atoms with van der Waals surface area (Å²) in [6.07, 6.45) is 3.40. The third kappa shape index (κ3) is 1.96. The van der Waals surface area contributed by atoms with E-state index < -0.39 is 0 Å². The molecule has 0 unspecified atom stereocenters. The molecule has 6 heteroatoms. The first-order valence-electron chi connectivity index (χ1n) is 6.99. The molecule has 6 nitrogen and oxygen atoms in total. The summed E-state index contributed by atoms with van der Waals surface area (Å²) in [7, 11) is 1.82. The molecule has 0 spiro atoms. The number of benzene rings is 1. The topological polar surface area (TPSA) is 72.3 Å². The summed E-state index contributed by atoms with van der Waals surface area (Å²) in [5.41, 5.74) is 5.41. The van der Waals surface area contributed by atoms with E-state index in [1.54, 1.807) is 11.1 Å². The molecular weight excluding hydrogens is 276 g/mol. The van der Waals surface area contributed by atoms with Gasteiger partial charge >= 0.3 is 0 Å². The summed E-state index contributed by atoms with van der Waals surface area (Å²) in [6.45, 7) is 2.06. The van der Waals surface area contributed by atoms with Gasteiger partial charge in [-0.2, -0.15) is 15.0 Å². The van der Waals surface area contributed by atoms with Crippen molar-refractivity contribution in [2.75, 3.05) is 0 Å². The molecule has 0 saturated heterocycles. The Balaban J connectivity index is 1.96. The fourth-order valence-corrected chi connectivity index (χ4v) is 2.53. The van der Waals surface area contributed by atoms with Gasteiger partial charge in [0.15, 0.2) is 0 Å². The maximum Gasteiger partial charge on any atom is 0.141 e. The normalized spacial score (nSPS) is 11.2. The number of aromatic nitrogens is 6. The van der Waals surface area contributed by atoms with Crippen molar-refractivity contribution in [3.05, 3.63) is 48.4 Å². The van der Waals surface area contributed by atoms with Gasteiger partial charge in [-0.25, -0.2) is 9.97 Å². The summed E-state index contributed by atoms with van der Waals surface area (Å²) >= 11 is 0. The minimum atomic E-state index is 0.762. The zero-order chi connectivity index (χ0) is 15.1. The van der Waals surface area contributed by atoms with Gasteiger partial charge in [0.2, 0.25) is 0 Å². The van der Waals surface area contributed by atoms with Gasteiger partial charge in [0.05, 0.1) is 0 Å². The number of hydrogen-bond donors (Lipinski definition) is 1. The van der Waals surface area contributed by atoms with Gasteiger partial charge in [-0.1, -0.05) is 29.8 Å². The molecule has 1 aromatic carbocycles. The molecule has 0 atom stereocenters. The standard InChI is InChI=1S/C16H14N6/c1-10-3-5-11(6-4-10)13-15(21-22(2)20-13)14-12-7-8-17-16(12)19-9-18-14/h3-9H,1-2H3,(H,17,18,19). The van der Waals surface area contributed by atoms with E-state index in [-0.39, 0.29) is 0 Å². The van der Waals surface area contributed by atoms with Gasteiger partial charge in [-0.05, 0) is 13.0 Å². The third-order valence-corrected chi connectivity index (χ3v) is 3.62. The van der Waals surface area contributed by atoms with Crippen LogP contribution in [0.5, 0.6) is 0 Å². The van der Waals surface area contributed by atoms with Crippen molar-refractivity contribution in [2.45, 2.75) is 6.92 Å². The minimum Gasteiger partial charge on any atom is -0.346 e. The lowest BCUT2D eigenvalue weighted by Gasteiger charge is -2.02. The van der Waals surface area contributed by atoms with Crippen LogP contribution in [-0.4, -0.2) is 29.9 Å². The fraction of sp³-hybridized carbons (Fsp3) is 0.125. The molecule has 0 saturated carbocycles. The minimum absolute atomic E-state index is 0.762. The first-order valence-corrected chi connectivity index (χ1v) is 6.99. The Hall–Kier alpha value is -3.02. The lowest BCUT2D eigenvalue weighted by molar-refractivity contribution is 0.657. The largest absolute Gasteiger partial charge is 0.346 e. The van der Waals surface area contributed by atoms with Crippen LogP contribution in [0, 0.1) is 6.92 Å². The lowest BCUT2D eigenvalue weighted by Crippen LogP contribution is -1.93. The van der Waals surface area contributed by atoms with Gasteiger partial charge in [0, 0.05) is 24.2 Å². The van der Waals surface area contributed by atoms with Crippen molar-refractivity contribution >= 4 is 11.0 Å². The van der Waals surface area contributed by atoms with Gasteiger partial charge in [-0.3, -0.25) is 0 Å². The monoisotopic (exact) mass is 290 g/mol. The molecule has 0 radical (unpaired) electrons. The van der Waals surface area contributed by atoms with Crippen molar-refractivity contribution in [2.24, 2.45) is 7.05 Å². The highest BCUT2D eigenvalue weighted by Crippen LogP contribution is 2.31. The quantitative estimate of drug-likeness (QED) is 0.616. The maximum atomic E-state index is 4.51. The van der Waals surface area contributed by atoms with E-state index in [0.717, 1.165) is 33.7 Å². The number of aryl methyl sites for hydroxylation is 2. The van der Waals surface area contributed by atoms with Crippen LogP contribution in [0.25, 0.3) is 33.7 Å². The van der Waals surface area contributed by atoms with Crippen LogP contribution in [0.2, 0.25) is 0 Å². The van der Waals surface area contributed by atoms with Gasteiger partial charge < -0.3 is 4.98 Å². The smallest absolute Gasteiger partial charge is 0.141 e. The molecule has 3 heterocycles. The SMILES string of the molecule is Cc1ccc(-c2nn(C)nc2-c2ncnc3[nH]ccc23)cc1. The Morgan fingerprint density at radius 1 is 0.909 bits per heavy atom. The molecule has 0 aliphatic rings. The number of nitrogens with one attached hydrogen (secondary N) is 1. The first kappa shape index (κ1) is 12.7. The van der Waals surface area contributed by atoms with Crippen molar-refractivity contribution in [3.8, 4) is 22.6 Å². The summed E-state index contributed by atoms with van der Waals surface area (Å²) in [6, 6.07) is 10.2. The number of H-pyrrole nitrogens is 1. The van der Waals surface area contributed by atoms with Crippen molar-refractivity contribution in [1.29, 1.82) is 0 Å². The Morgan fingerprint density at radius 3 is 2.50 bits per heavy atom. The Bertz CT molecular complexity index is 948. The van der Waals surface area contributed by atoms with Crippen LogP contribution < -0.4 is 0 Å². The molecule has 4 aromatic rings. The summed E-state index contributed by atoms with van der Waals surface area (Å²) in [5, 5.41) is 9.96. The second-order valence-corrected chi connectivity index (χ2v) is 5.21. The summed E-state index contributed by atoms with van der Waals surface area (Å²) < 4.78 is 0. The average Bonchev–Trinajstić information content (AvgIpc) is 3.14. The highest BCUT2D eigenvalue weighted by molar-refractivity contribution is 5.93. The molecule has 4 rings (SSSR count). The molecule has 0 aliphatic carbocycles. The fourth-order valence-electron chi connectivity index (χ4n) is 2.53. The van der Waals surface area contributed by atoms with Crippen LogP contribution in [0.15, 0.2) is 42.9 Å². The zero-order valence-electron chi connectivity index (χ0n) is 12.3. The number of aromatic amines is 1. The molecule has 0 amide bonds. The van der Waals surface area contributed by atoms with E-state index in [1.165, 1.54) is 5.56 Å². The van der Waals surface area contributed by atoms with Crippen molar-refractivity contribution in [3.63, 3.8) is 0 Å². The molecule has 0 bridgehead atoms. The Kier molecular flexibility index (Phi) is 2.75. The molecule has 22 heavy (non-hydrogen) atoms. The van der Waals surface area contributed by atoms with Crippen molar-refractivity contribution < 1.29 is 0 Å². The second kappa shape index (κ2) is 4.77. The predicted molar refractivity (Wildman–Crippen MR) is 84.1 cm³/mol. The number of nitrogens with zero attached hydrogens (tertiary/aromatic N) is 5. The Morgan fingerprint density at radius 2 is 1.68 bits per heavy atom. The van der Waals surface area contributed by atoms with Crippen LogP contribution in [0.4, 0.5) is 0 Å². The molecule has 0 fully saturated rings. The third-order valence-electron chi connectivity index (χ3n) is 3.62. The first-order chi connectivity index (χ1) is 10.7. The number of fused-ring (bicyclic) bond motifs is 1. The molecule has 1 N–H and O–H groups in total. The van der Waals surface area contributed by atoms with Crippen LogP contribution in [-0.2, 0) is 7.05 Å². The Labute approximate surface area is 126 Å². The van der Waals surface area contributed by atoms with E-state index in [2.05, 4.69) is 56.3 Å². The highest BCUT2D eigenvalue weighted by atomic mass is 15.5. The van der Waals surface area contributed by atoms with Crippen LogP contribution in [0.1, 0.15) is 5.56 Å². The summed E-state index contributed by atoms with van der Waals surface area (Å²) in [5.74, 6) is 0. The molecule has 3 aromatic heterocycles. The summed E-state index contributed by atoms with van der Waals surface area (Å²) in [4.78, 5) is 13.3. The van der Waals surface area contributed by atoms with Crippen molar-refractivity contribution in [1.82, 2.24) is 29.9 Å². The molecule has 108 valence electrons. The van der Waals surface area contributed by atoms with E-state index in [0.29, 0.717) is 0 Å². The zero-order valence-corrected chi connectivity index (χ0v) is 12.3. The highest BCUT2D eigenvalue weighted by Gasteiger charge is 2.18. The molecule has 0 aliphatic heterocycles. The second-order valence-electron chi connectivity index (χ2n) is 5.21. The van der Waals surface area contributed by atoms with E-state index in [4.69, 9.17) is 0 Å². The van der Waals surface area contributed by atoms with E-state index in [9.17, 15) is 0 Å². The van der Waals surface area contributed by atoms with E-state index >= 15 is 0 Å². The van der Waals surface area contributed by atoms with Gasteiger partial charge in [0.25, 0.3) is 0 Å². The van der Waals surface area contributed by atoms with Crippen LogP contribution in [0.3, 0.4) is 0 Å². The predicted octanol–water partition coefficient (Wildman–Crippen LogP) is 2.73. The van der Waals surface area contributed by atoms with Gasteiger partial charge in [0.1, 0.15) is 29.1 Å². The average molecular weight is 290 g/mol. The van der Waals surface area contributed by atoms with Gasteiger partial charge in [-0.15, -0.1) is 0 Å². The lowest BCUT2D eigenvalue weighted by atomic mass is 10.1. The molecular formula is C16H14N6. The van der Waals surface area contributed by atoms with Crippen LogP contribution >= 0.6 is 0 Å².